The van der Waals surface area contributed by atoms with Crippen molar-refractivity contribution in [1.29, 1.82) is 0 Å². The fourth-order valence-corrected chi connectivity index (χ4v) is 4.11. The minimum absolute atomic E-state index is 0.0204. The van der Waals surface area contributed by atoms with Crippen LogP contribution in [0.2, 0.25) is 0 Å². The predicted octanol–water partition coefficient (Wildman–Crippen LogP) is 2.22. The predicted molar refractivity (Wildman–Crippen MR) is 85.6 cm³/mol. The quantitative estimate of drug-likeness (QED) is 0.939. The van der Waals surface area contributed by atoms with Crippen molar-refractivity contribution in [3.8, 4) is 5.75 Å². The molecule has 0 unspecified atom stereocenters. The van der Waals surface area contributed by atoms with Gasteiger partial charge in [-0.15, -0.1) is 0 Å². The molecule has 0 saturated carbocycles. The van der Waals surface area contributed by atoms with Crippen LogP contribution in [0.25, 0.3) is 0 Å². The van der Waals surface area contributed by atoms with Crippen LogP contribution in [0.3, 0.4) is 0 Å². The van der Waals surface area contributed by atoms with Crippen LogP contribution in [0.5, 0.6) is 5.75 Å². The fourth-order valence-electron chi connectivity index (χ4n) is 2.79. The maximum Gasteiger partial charge on any atom is 0.179 e. The Balaban J connectivity index is 1.66. The van der Waals surface area contributed by atoms with Crippen LogP contribution < -0.4 is 0 Å². The molecule has 0 spiro atoms. The minimum Gasteiger partial charge on any atom is -0.508 e. The van der Waals surface area contributed by atoms with Gasteiger partial charge in [-0.25, -0.2) is 8.42 Å². The number of sulfone groups is 1. The SMILES string of the molecule is O=S(=O)(CCN1CCc2ccccc2C1)c1cccc(O)c1. The molecule has 1 N–H and O–H groups in total. The van der Waals surface area contributed by atoms with Gasteiger partial charge in [0.05, 0.1) is 10.6 Å². The van der Waals surface area contributed by atoms with Crippen molar-refractivity contribution >= 4 is 9.84 Å². The molecule has 0 bridgehead atoms. The lowest BCUT2D eigenvalue weighted by molar-refractivity contribution is 0.269. The molecule has 0 fully saturated rings. The second-order valence-corrected chi connectivity index (χ2v) is 7.72. The molecule has 0 amide bonds. The summed E-state index contributed by atoms with van der Waals surface area (Å²) in [6.45, 7) is 2.19. The van der Waals surface area contributed by atoms with E-state index in [9.17, 15) is 13.5 Å². The number of nitrogens with zero attached hydrogens (tertiary/aromatic N) is 1. The first-order valence-electron chi connectivity index (χ1n) is 7.35. The van der Waals surface area contributed by atoms with E-state index in [4.69, 9.17) is 0 Å². The number of phenols is 1. The third kappa shape index (κ3) is 3.31. The van der Waals surface area contributed by atoms with Gasteiger partial charge < -0.3 is 5.11 Å². The highest BCUT2D eigenvalue weighted by Gasteiger charge is 2.20. The Hall–Kier alpha value is -1.85. The normalized spacial score (nSPS) is 15.5. The highest BCUT2D eigenvalue weighted by atomic mass is 32.2. The molecule has 0 atom stereocenters. The number of aromatic hydroxyl groups is 1. The molecular formula is C17H19NO3S. The Kier molecular flexibility index (Phi) is 4.18. The number of fused-ring (bicyclic) bond motifs is 1. The van der Waals surface area contributed by atoms with Gasteiger partial charge in [0.25, 0.3) is 0 Å². The highest BCUT2D eigenvalue weighted by Crippen LogP contribution is 2.20. The average Bonchev–Trinajstić information content (AvgIpc) is 2.53. The van der Waals surface area contributed by atoms with Crippen molar-refractivity contribution in [3.63, 3.8) is 0 Å². The van der Waals surface area contributed by atoms with Gasteiger partial charge in [0.2, 0.25) is 0 Å². The van der Waals surface area contributed by atoms with Crippen LogP contribution >= 0.6 is 0 Å². The van der Waals surface area contributed by atoms with Gasteiger partial charge in [-0.3, -0.25) is 4.90 Å². The Morgan fingerprint density at radius 2 is 1.82 bits per heavy atom. The Labute approximate surface area is 130 Å². The summed E-state index contributed by atoms with van der Waals surface area (Å²) in [7, 11) is -3.36. The zero-order valence-corrected chi connectivity index (χ0v) is 13.1. The topological polar surface area (TPSA) is 57.6 Å². The minimum atomic E-state index is -3.36. The zero-order chi connectivity index (χ0) is 15.6. The second kappa shape index (κ2) is 6.10. The molecule has 1 aliphatic heterocycles. The molecule has 0 aromatic heterocycles. The van der Waals surface area contributed by atoms with Crippen LogP contribution in [0.4, 0.5) is 0 Å². The van der Waals surface area contributed by atoms with Crippen molar-refractivity contribution < 1.29 is 13.5 Å². The Morgan fingerprint density at radius 1 is 1.05 bits per heavy atom. The average molecular weight is 317 g/mol. The van der Waals surface area contributed by atoms with Crippen molar-refractivity contribution in [2.75, 3.05) is 18.8 Å². The summed E-state index contributed by atoms with van der Waals surface area (Å²) in [6, 6.07) is 14.2. The van der Waals surface area contributed by atoms with Crippen LogP contribution in [0.15, 0.2) is 53.4 Å². The first-order chi connectivity index (χ1) is 10.5. The second-order valence-electron chi connectivity index (χ2n) is 5.61. The standard InChI is InChI=1S/C17H19NO3S/c19-16-6-3-7-17(12-16)22(20,21)11-10-18-9-8-14-4-1-2-5-15(14)13-18/h1-7,12,19H,8-11,13H2. The Morgan fingerprint density at radius 3 is 2.59 bits per heavy atom. The van der Waals surface area contributed by atoms with Gasteiger partial charge in [0, 0.05) is 19.6 Å². The van der Waals surface area contributed by atoms with Gasteiger partial charge in [-0.1, -0.05) is 30.3 Å². The molecular weight excluding hydrogens is 298 g/mol. The van der Waals surface area contributed by atoms with Crippen molar-refractivity contribution in [3.05, 3.63) is 59.7 Å². The first kappa shape index (κ1) is 15.1. The largest absolute Gasteiger partial charge is 0.508 e. The van der Waals surface area contributed by atoms with Crippen LogP contribution in [0, 0.1) is 0 Å². The summed E-state index contributed by atoms with van der Waals surface area (Å²) in [5.41, 5.74) is 2.64. The molecule has 1 heterocycles. The molecule has 5 heteroatoms. The van der Waals surface area contributed by atoms with Gasteiger partial charge >= 0.3 is 0 Å². The number of hydrogen-bond donors (Lipinski definition) is 1. The molecule has 0 radical (unpaired) electrons. The number of phenolic OH excluding ortho intramolecular Hbond substituents is 1. The van der Waals surface area contributed by atoms with E-state index in [0.29, 0.717) is 6.54 Å². The summed E-state index contributed by atoms with van der Waals surface area (Å²) in [5.74, 6) is 0.0477. The zero-order valence-electron chi connectivity index (χ0n) is 12.3. The molecule has 22 heavy (non-hydrogen) atoms. The van der Waals surface area contributed by atoms with Gasteiger partial charge in [-0.05, 0) is 35.7 Å². The molecule has 2 aromatic carbocycles. The van der Waals surface area contributed by atoms with Crippen LogP contribution in [0.1, 0.15) is 11.1 Å². The summed E-state index contributed by atoms with van der Waals surface area (Å²) in [4.78, 5) is 2.35. The number of rotatable bonds is 4. The molecule has 116 valence electrons. The van der Waals surface area contributed by atoms with E-state index in [1.54, 1.807) is 6.07 Å². The summed E-state index contributed by atoms with van der Waals surface area (Å²) >= 11 is 0. The van der Waals surface area contributed by atoms with Crippen molar-refractivity contribution in [2.24, 2.45) is 0 Å². The van der Waals surface area contributed by atoms with Crippen molar-refractivity contribution in [2.45, 2.75) is 17.9 Å². The molecule has 0 saturated heterocycles. The van der Waals surface area contributed by atoms with Crippen LogP contribution in [-0.4, -0.2) is 37.3 Å². The lowest BCUT2D eigenvalue weighted by atomic mass is 10.0. The number of benzene rings is 2. The van der Waals surface area contributed by atoms with Gasteiger partial charge in [0.1, 0.15) is 5.75 Å². The van der Waals surface area contributed by atoms with E-state index in [1.165, 1.54) is 29.3 Å². The van der Waals surface area contributed by atoms with E-state index in [0.717, 1.165) is 19.5 Å². The van der Waals surface area contributed by atoms with E-state index in [1.807, 2.05) is 12.1 Å². The van der Waals surface area contributed by atoms with E-state index < -0.39 is 9.84 Å². The van der Waals surface area contributed by atoms with Crippen LogP contribution in [-0.2, 0) is 22.8 Å². The molecule has 3 rings (SSSR count). The van der Waals surface area contributed by atoms with E-state index in [-0.39, 0.29) is 16.4 Å². The third-order valence-corrected chi connectivity index (χ3v) is 5.75. The lowest BCUT2D eigenvalue weighted by Gasteiger charge is -2.28. The maximum atomic E-state index is 12.3. The smallest absolute Gasteiger partial charge is 0.179 e. The summed E-state index contributed by atoms with van der Waals surface area (Å²) in [6.07, 6.45) is 0.961. The lowest BCUT2D eigenvalue weighted by Crippen LogP contribution is -2.34. The molecule has 1 aliphatic rings. The first-order valence-corrected chi connectivity index (χ1v) is 9.01. The van der Waals surface area contributed by atoms with E-state index in [2.05, 4.69) is 17.0 Å². The molecule has 2 aromatic rings. The third-order valence-electron chi connectivity index (χ3n) is 4.06. The molecule has 4 nitrogen and oxygen atoms in total. The Bertz CT molecular complexity index is 771. The van der Waals surface area contributed by atoms with Gasteiger partial charge in [-0.2, -0.15) is 0 Å². The van der Waals surface area contributed by atoms with Gasteiger partial charge in [0.15, 0.2) is 9.84 Å². The van der Waals surface area contributed by atoms with Crippen molar-refractivity contribution in [1.82, 2.24) is 4.90 Å². The summed E-state index contributed by atoms with van der Waals surface area (Å²) < 4.78 is 24.7. The highest BCUT2D eigenvalue weighted by molar-refractivity contribution is 7.91. The summed E-state index contributed by atoms with van der Waals surface area (Å²) in [5, 5.41) is 9.43. The number of hydrogen-bond acceptors (Lipinski definition) is 4. The van der Waals surface area contributed by atoms with E-state index >= 15 is 0 Å². The fraction of sp³-hybridized carbons (Fsp3) is 0.294. The molecule has 0 aliphatic carbocycles. The monoisotopic (exact) mass is 317 g/mol. The maximum absolute atomic E-state index is 12.3.